The van der Waals surface area contributed by atoms with Crippen molar-refractivity contribution >= 4 is 23.4 Å². The number of nitrogens with two attached hydrogens (primary N) is 1. The first-order valence-corrected chi connectivity index (χ1v) is 9.28. The smallest absolute Gasteiger partial charge is 0.313 e. The van der Waals surface area contributed by atoms with Gasteiger partial charge in [-0.15, -0.1) is 0 Å². The number of pyridine rings is 1. The highest BCUT2D eigenvalue weighted by molar-refractivity contribution is 6.39. The summed E-state index contributed by atoms with van der Waals surface area (Å²) < 4.78 is 0. The Bertz CT molecular complexity index is 895. The van der Waals surface area contributed by atoms with E-state index in [1.807, 2.05) is 31.2 Å². The van der Waals surface area contributed by atoms with Gasteiger partial charge in [-0.3, -0.25) is 19.4 Å². The average Bonchev–Trinajstić information content (AvgIpc) is 2.68. The molecule has 2 atom stereocenters. The summed E-state index contributed by atoms with van der Waals surface area (Å²) in [5.74, 6) is -1.69. The second-order valence-corrected chi connectivity index (χ2v) is 7.35. The Morgan fingerprint density at radius 1 is 1.14 bits per heavy atom. The molecule has 7 heteroatoms. The molecule has 1 aromatic heterocycles. The van der Waals surface area contributed by atoms with Crippen LogP contribution < -0.4 is 11.1 Å². The van der Waals surface area contributed by atoms with E-state index in [1.54, 1.807) is 4.90 Å². The Morgan fingerprint density at radius 3 is 2.54 bits per heavy atom. The van der Waals surface area contributed by atoms with E-state index in [0.717, 1.165) is 24.0 Å². The Hall–Kier alpha value is -3.22. The van der Waals surface area contributed by atoms with Crippen molar-refractivity contribution in [3.63, 3.8) is 0 Å². The van der Waals surface area contributed by atoms with Crippen LogP contribution in [-0.2, 0) is 9.59 Å². The van der Waals surface area contributed by atoms with Crippen LogP contribution in [0.3, 0.4) is 0 Å². The van der Waals surface area contributed by atoms with Gasteiger partial charge in [-0.05, 0) is 37.3 Å². The van der Waals surface area contributed by atoms with Gasteiger partial charge < -0.3 is 16.0 Å². The predicted octanol–water partition coefficient (Wildman–Crippen LogP) is 2.43. The van der Waals surface area contributed by atoms with Gasteiger partial charge in [0, 0.05) is 12.7 Å². The SMILES string of the molecule is Cc1ccc([C@@H]2CC[C@H](C)CN2C(=O)C(=O)Nc2cncc(C(N)=O)c2)cc1. The number of hydrogen-bond acceptors (Lipinski definition) is 4. The van der Waals surface area contributed by atoms with Crippen molar-refractivity contribution in [3.8, 4) is 0 Å². The van der Waals surface area contributed by atoms with E-state index in [2.05, 4.69) is 17.2 Å². The average molecular weight is 380 g/mol. The van der Waals surface area contributed by atoms with Crippen LogP contribution in [0.5, 0.6) is 0 Å². The quantitative estimate of drug-likeness (QED) is 0.798. The number of anilines is 1. The van der Waals surface area contributed by atoms with Crippen LogP contribution in [0.2, 0.25) is 0 Å². The molecule has 3 amide bonds. The molecule has 0 unspecified atom stereocenters. The van der Waals surface area contributed by atoms with Gasteiger partial charge in [0.05, 0.1) is 23.5 Å². The second-order valence-electron chi connectivity index (χ2n) is 7.35. The number of aryl methyl sites for hydroxylation is 1. The van der Waals surface area contributed by atoms with Crippen molar-refractivity contribution in [2.45, 2.75) is 32.7 Å². The highest BCUT2D eigenvalue weighted by Crippen LogP contribution is 2.33. The maximum Gasteiger partial charge on any atom is 0.313 e. The van der Waals surface area contributed by atoms with Gasteiger partial charge in [-0.25, -0.2) is 0 Å². The first kappa shape index (κ1) is 19.5. The fourth-order valence-electron chi connectivity index (χ4n) is 3.47. The van der Waals surface area contributed by atoms with Gasteiger partial charge in [-0.1, -0.05) is 36.8 Å². The lowest BCUT2D eigenvalue weighted by molar-refractivity contribution is -0.146. The molecule has 1 fully saturated rings. The number of primary amides is 1. The van der Waals surface area contributed by atoms with Gasteiger partial charge in [0.2, 0.25) is 5.91 Å². The zero-order valence-electron chi connectivity index (χ0n) is 16.0. The Balaban J connectivity index is 1.79. The number of nitrogens with zero attached hydrogens (tertiary/aromatic N) is 2. The lowest BCUT2D eigenvalue weighted by Crippen LogP contribution is -2.46. The van der Waals surface area contributed by atoms with Gasteiger partial charge in [0.15, 0.2) is 0 Å². The van der Waals surface area contributed by atoms with Crippen LogP contribution in [0, 0.1) is 12.8 Å². The van der Waals surface area contributed by atoms with Crippen molar-refractivity contribution in [1.82, 2.24) is 9.88 Å². The van der Waals surface area contributed by atoms with Crippen molar-refractivity contribution in [3.05, 3.63) is 59.4 Å². The van der Waals surface area contributed by atoms with Crippen LogP contribution in [0.4, 0.5) is 5.69 Å². The zero-order valence-corrected chi connectivity index (χ0v) is 16.0. The van der Waals surface area contributed by atoms with E-state index in [1.165, 1.54) is 18.5 Å². The summed E-state index contributed by atoms with van der Waals surface area (Å²) in [6.07, 6.45) is 4.48. The molecule has 0 spiro atoms. The molecule has 28 heavy (non-hydrogen) atoms. The fourth-order valence-corrected chi connectivity index (χ4v) is 3.47. The Kier molecular flexibility index (Phi) is 5.73. The highest BCUT2D eigenvalue weighted by Gasteiger charge is 2.34. The number of carbonyl (C=O) groups excluding carboxylic acids is 3. The van der Waals surface area contributed by atoms with Gasteiger partial charge in [0.1, 0.15) is 0 Å². The van der Waals surface area contributed by atoms with Crippen molar-refractivity contribution in [2.75, 3.05) is 11.9 Å². The number of aromatic nitrogens is 1. The van der Waals surface area contributed by atoms with Gasteiger partial charge in [-0.2, -0.15) is 0 Å². The molecule has 1 saturated heterocycles. The molecule has 3 rings (SSSR count). The van der Waals surface area contributed by atoms with Gasteiger partial charge in [0.25, 0.3) is 0 Å². The molecule has 2 aromatic rings. The lowest BCUT2D eigenvalue weighted by atomic mass is 9.89. The van der Waals surface area contributed by atoms with E-state index in [0.29, 0.717) is 12.5 Å². The maximum absolute atomic E-state index is 12.9. The van der Waals surface area contributed by atoms with Crippen LogP contribution in [0.1, 0.15) is 47.3 Å². The molecule has 1 aliphatic rings. The number of benzene rings is 1. The van der Waals surface area contributed by atoms with Crippen molar-refractivity contribution < 1.29 is 14.4 Å². The molecule has 0 bridgehead atoms. The third-order valence-corrected chi connectivity index (χ3v) is 5.02. The molecule has 1 aliphatic heterocycles. The summed E-state index contributed by atoms with van der Waals surface area (Å²) in [5.41, 5.74) is 7.82. The lowest BCUT2D eigenvalue weighted by Gasteiger charge is -2.38. The van der Waals surface area contributed by atoms with Gasteiger partial charge >= 0.3 is 11.8 Å². The van der Waals surface area contributed by atoms with E-state index < -0.39 is 17.7 Å². The standard InChI is InChI=1S/C21H24N4O3/c1-13-3-6-15(7-4-13)18-8-5-14(2)12-25(18)21(28)20(27)24-17-9-16(19(22)26)10-23-11-17/h3-4,6-7,9-11,14,18H,5,8,12H2,1-2H3,(H2,22,26)(H,24,27)/t14-,18-/m0/s1. The molecule has 0 saturated carbocycles. The largest absolute Gasteiger partial charge is 0.366 e. The molecular formula is C21H24N4O3. The van der Waals surface area contributed by atoms with E-state index in [4.69, 9.17) is 5.73 Å². The van der Waals surface area contributed by atoms with Crippen LogP contribution >= 0.6 is 0 Å². The molecule has 2 heterocycles. The molecule has 146 valence electrons. The minimum absolute atomic E-state index is 0.134. The third kappa shape index (κ3) is 4.36. The molecule has 3 N–H and O–H groups in total. The third-order valence-electron chi connectivity index (χ3n) is 5.02. The summed E-state index contributed by atoms with van der Waals surface area (Å²) in [7, 11) is 0. The first-order chi connectivity index (χ1) is 13.3. The minimum Gasteiger partial charge on any atom is -0.366 e. The predicted molar refractivity (Wildman–Crippen MR) is 105 cm³/mol. The number of hydrogen-bond donors (Lipinski definition) is 2. The highest BCUT2D eigenvalue weighted by atomic mass is 16.2. The number of piperidine rings is 1. The molecule has 0 radical (unpaired) electrons. The molecule has 7 nitrogen and oxygen atoms in total. The zero-order chi connectivity index (χ0) is 20.3. The van der Waals surface area contributed by atoms with Crippen molar-refractivity contribution in [2.24, 2.45) is 11.7 Å². The topological polar surface area (TPSA) is 105 Å². The summed E-state index contributed by atoms with van der Waals surface area (Å²) in [4.78, 5) is 42.3. The number of rotatable bonds is 3. The summed E-state index contributed by atoms with van der Waals surface area (Å²) >= 11 is 0. The summed E-state index contributed by atoms with van der Waals surface area (Å²) in [5, 5.41) is 2.53. The first-order valence-electron chi connectivity index (χ1n) is 9.28. The van der Waals surface area contributed by atoms with Crippen LogP contribution in [0.15, 0.2) is 42.7 Å². The maximum atomic E-state index is 12.9. The van der Waals surface area contributed by atoms with E-state index in [9.17, 15) is 14.4 Å². The van der Waals surface area contributed by atoms with E-state index in [-0.39, 0.29) is 17.3 Å². The van der Waals surface area contributed by atoms with E-state index >= 15 is 0 Å². The Labute approximate surface area is 163 Å². The normalized spacial score (nSPS) is 19.1. The van der Waals surface area contributed by atoms with Crippen LogP contribution in [-0.4, -0.2) is 34.2 Å². The summed E-state index contributed by atoms with van der Waals surface area (Å²) in [6, 6.07) is 9.30. The minimum atomic E-state index is -0.755. The van der Waals surface area contributed by atoms with Crippen molar-refractivity contribution in [1.29, 1.82) is 0 Å². The molecule has 1 aromatic carbocycles. The monoisotopic (exact) mass is 380 g/mol. The second kappa shape index (κ2) is 8.21. The number of amides is 3. The summed E-state index contributed by atoms with van der Waals surface area (Å²) in [6.45, 7) is 4.60. The number of carbonyl (C=O) groups is 3. The molecular weight excluding hydrogens is 356 g/mol. The Morgan fingerprint density at radius 2 is 1.86 bits per heavy atom. The number of likely N-dealkylation sites (tertiary alicyclic amines) is 1. The molecule has 0 aliphatic carbocycles. The number of nitrogens with one attached hydrogen (secondary N) is 1. The fraction of sp³-hybridized carbons (Fsp3) is 0.333. The van der Waals surface area contributed by atoms with Crippen LogP contribution in [0.25, 0.3) is 0 Å².